The van der Waals surface area contributed by atoms with Crippen molar-refractivity contribution < 1.29 is 4.92 Å². The third-order valence-corrected chi connectivity index (χ3v) is 4.03. The first-order valence-corrected chi connectivity index (χ1v) is 7.07. The van der Waals surface area contributed by atoms with Gasteiger partial charge >= 0.3 is 0 Å². The van der Waals surface area contributed by atoms with Gasteiger partial charge in [-0.15, -0.1) is 0 Å². The monoisotopic (exact) mass is 354 g/mol. The summed E-state index contributed by atoms with van der Waals surface area (Å²) in [4.78, 5) is 10.6. The lowest BCUT2D eigenvalue weighted by molar-refractivity contribution is -0.384. The Balaban J connectivity index is 2.20. The Bertz CT molecular complexity index is 662. The Kier molecular flexibility index (Phi) is 4.62. The number of benzene rings is 2. The predicted molar refractivity (Wildman–Crippen MR) is 84.3 cm³/mol. The molecule has 0 unspecified atom stereocenters. The largest absolute Gasteiger partial charge is 0.375 e. The standard InChI is InChI=1S/C14H12BrClN2O2/c1-9-2-5-14(18(19)20)13(6-9)17-8-10-3-4-12(16)11(15)7-10/h2-7,17H,8H2,1H3. The number of aryl methyl sites for hydroxylation is 1. The summed E-state index contributed by atoms with van der Waals surface area (Å²) in [6.45, 7) is 2.38. The normalized spacial score (nSPS) is 10.3. The van der Waals surface area contributed by atoms with E-state index < -0.39 is 0 Å². The molecule has 0 saturated carbocycles. The quantitative estimate of drug-likeness (QED) is 0.625. The molecule has 0 atom stereocenters. The first kappa shape index (κ1) is 14.8. The van der Waals surface area contributed by atoms with E-state index in [4.69, 9.17) is 11.6 Å². The second-order valence-corrected chi connectivity index (χ2v) is 5.64. The van der Waals surface area contributed by atoms with Crippen molar-refractivity contribution in [2.75, 3.05) is 5.32 Å². The van der Waals surface area contributed by atoms with E-state index in [1.807, 2.05) is 19.1 Å². The zero-order valence-corrected chi connectivity index (χ0v) is 13.0. The molecule has 0 spiro atoms. The van der Waals surface area contributed by atoms with Crippen molar-refractivity contribution in [3.8, 4) is 0 Å². The average molecular weight is 356 g/mol. The fourth-order valence-corrected chi connectivity index (χ4v) is 2.34. The highest BCUT2D eigenvalue weighted by Gasteiger charge is 2.13. The summed E-state index contributed by atoms with van der Waals surface area (Å²) in [5.74, 6) is 0. The zero-order chi connectivity index (χ0) is 14.7. The van der Waals surface area contributed by atoms with Crippen LogP contribution in [-0.2, 0) is 6.54 Å². The minimum Gasteiger partial charge on any atom is -0.375 e. The summed E-state index contributed by atoms with van der Waals surface area (Å²) < 4.78 is 0.803. The Morgan fingerprint density at radius 1 is 1.30 bits per heavy atom. The molecule has 1 N–H and O–H groups in total. The molecule has 2 aromatic rings. The van der Waals surface area contributed by atoms with E-state index in [1.165, 1.54) is 6.07 Å². The summed E-state index contributed by atoms with van der Waals surface area (Å²) in [5.41, 5.74) is 2.54. The van der Waals surface area contributed by atoms with Crippen LogP contribution in [0.3, 0.4) is 0 Å². The lowest BCUT2D eigenvalue weighted by Gasteiger charge is -2.09. The number of rotatable bonds is 4. The Hall–Kier alpha value is -1.59. The molecule has 6 heteroatoms. The topological polar surface area (TPSA) is 55.2 Å². The molecular weight excluding hydrogens is 344 g/mol. The van der Waals surface area contributed by atoms with E-state index in [0.29, 0.717) is 17.3 Å². The van der Waals surface area contributed by atoms with Crippen molar-refractivity contribution >= 4 is 38.9 Å². The van der Waals surface area contributed by atoms with Gasteiger partial charge in [0.25, 0.3) is 5.69 Å². The van der Waals surface area contributed by atoms with E-state index in [2.05, 4.69) is 21.2 Å². The Labute approximate surface area is 130 Å². The molecule has 0 heterocycles. The Morgan fingerprint density at radius 2 is 2.05 bits per heavy atom. The minimum absolute atomic E-state index is 0.0728. The van der Waals surface area contributed by atoms with Crippen molar-refractivity contribution in [3.63, 3.8) is 0 Å². The maximum absolute atomic E-state index is 11.0. The van der Waals surface area contributed by atoms with Crippen LogP contribution in [0.1, 0.15) is 11.1 Å². The SMILES string of the molecule is Cc1ccc([N+](=O)[O-])c(NCc2ccc(Cl)c(Br)c2)c1. The molecular formula is C14H12BrClN2O2. The van der Waals surface area contributed by atoms with Crippen molar-refractivity contribution in [1.82, 2.24) is 0 Å². The van der Waals surface area contributed by atoms with Crippen molar-refractivity contribution in [3.05, 3.63) is 67.1 Å². The number of halogens is 2. The number of hydrogen-bond donors (Lipinski definition) is 1. The molecule has 0 fully saturated rings. The molecule has 0 aromatic heterocycles. The fraction of sp³-hybridized carbons (Fsp3) is 0.143. The second-order valence-electron chi connectivity index (χ2n) is 4.38. The van der Waals surface area contributed by atoms with Crippen molar-refractivity contribution in [2.24, 2.45) is 0 Å². The highest BCUT2D eigenvalue weighted by atomic mass is 79.9. The van der Waals surface area contributed by atoms with E-state index in [9.17, 15) is 10.1 Å². The number of nitrogens with one attached hydrogen (secondary N) is 1. The predicted octanol–water partition coefficient (Wildman–Crippen LogP) is 4.93. The summed E-state index contributed by atoms with van der Waals surface area (Å²) in [5, 5.41) is 14.7. The molecule has 0 radical (unpaired) electrons. The number of nitrogens with zero attached hydrogens (tertiary/aromatic N) is 1. The lowest BCUT2D eigenvalue weighted by Crippen LogP contribution is -2.03. The van der Waals surface area contributed by atoms with E-state index >= 15 is 0 Å². The fourth-order valence-electron chi connectivity index (χ4n) is 1.80. The van der Waals surface area contributed by atoms with Gasteiger partial charge in [0, 0.05) is 17.1 Å². The molecule has 2 aromatic carbocycles. The summed E-state index contributed by atoms with van der Waals surface area (Å²) in [7, 11) is 0. The first-order chi connectivity index (χ1) is 9.47. The molecule has 0 amide bonds. The van der Waals surface area contributed by atoms with Crippen LogP contribution in [0, 0.1) is 17.0 Å². The van der Waals surface area contributed by atoms with Crippen LogP contribution in [0.25, 0.3) is 0 Å². The molecule has 20 heavy (non-hydrogen) atoms. The molecule has 104 valence electrons. The smallest absolute Gasteiger partial charge is 0.292 e. The van der Waals surface area contributed by atoms with Gasteiger partial charge in [-0.25, -0.2) is 0 Å². The van der Waals surface area contributed by atoms with Crippen LogP contribution in [0.4, 0.5) is 11.4 Å². The first-order valence-electron chi connectivity index (χ1n) is 5.90. The van der Waals surface area contributed by atoms with Gasteiger partial charge < -0.3 is 5.32 Å². The van der Waals surface area contributed by atoms with Gasteiger partial charge in [0.05, 0.1) is 9.95 Å². The number of hydrogen-bond acceptors (Lipinski definition) is 3. The Morgan fingerprint density at radius 3 is 2.70 bits per heavy atom. The number of nitro groups is 1. The molecule has 2 rings (SSSR count). The zero-order valence-electron chi connectivity index (χ0n) is 10.7. The number of nitro benzene ring substituents is 1. The summed E-state index contributed by atoms with van der Waals surface area (Å²) >= 11 is 9.28. The van der Waals surface area contributed by atoms with Gasteiger partial charge in [-0.3, -0.25) is 10.1 Å². The third-order valence-electron chi connectivity index (χ3n) is 2.82. The van der Waals surface area contributed by atoms with Gasteiger partial charge in [-0.1, -0.05) is 23.7 Å². The maximum atomic E-state index is 11.0. The van der Waals surface area contributed by atoms with E-state index in [1.54, 1.807) is 18.2 Å². The van der Waals surface area contributed by atoms with Crippen LogP contribution < -0.4 is 5.32 Å². The highest BCUT2D eigenvalue weighted by Crippen LogP contribution is 2.27. The highest BCUT2D eigenvalue weighted by molar-refractivity contribution is 9.10. The molecule has 0 saturated heterocycles. The van der Waals surface area contributed by atoms with Crippen LogP contribution in [0.15, 0.2) is 40.9 Å². The van der Waals surface area contributed by atoms with E-state index in [0.717, 1.165) is 15.6 Å². The average Bonchev–Trinajstić information content (AvgIpc) is 2.40. The molecule has 0 aliphatic rings. The molecule has 4 nitrogen and oxygen atoms in total. The minimum atomic E-state index is -0.389. The summed E-state index contributed by atoms with van der Waals surface area (Å²) in [6, 6.07) is 10.5. The van der Waals surface area contributed by atoms with Crippen molar-refractivity contribution in [1.29, 1.82) is 0 Å². The summed E-state index contributed by atoms with van der Waals surface area (Å²) in [6.07, 6.45) is 0. The maximum Gasteiger partial charge on any atom is 0.292 e. The van der Waals surface area contributed by atoms with Crippen LogP contribution in [0.2, 0.25) is 5.02 Å². The molecule has 0 aliphatic heterocycles. The lowest BCUT2D eigenvalue weighted by atomic mass is 10.1. The second kappa shape index (κ2) is 6.24. The van der Waals surface area contributed by atoms with Crippen LogP contribution in [0.5, 0.6) is 0 Å². The van der Waals surface area contributed by atoms with Gasteiger partial charge in [-0.05, 0) is 52.2 Å². The van der Waals surface area contributed by atoms with E-state index in [-0.39, 0.29) is 10.6 Å². The third kappa shape index (κ3) is 3.49. The van der Waals surface area contributed by atoms with Crippen LogP contribution >= 0.6 is 27.5 Å². The molecule has 0 bridgehead atoms. The van der Waals surface area contributed by atoms with Crippen LogP contribution in [-0.4, -0.2) is 4.92 Å². The van der Waals surface area contributed by atoms with Gasteiger partial charge in [0.1, 0.15) is 5.69 Å². The molecule has 0 aliphatic carbocycles. The number of anilines is 1. The van der Waals surface area contributed by atoms with Gasteiger partial charge in [-0.2, -0.15) is 0 Å². The van der Waals surface area contributed by atoms with Gasteiger partial charge in [0.2, 0.25) is 0 Å². The van der Waals surface area contributed by atoms with Gasteiger partial charge in [0.15, 0.2) is 0 Å². The van der Waals surface area contributed by atoms with Crippen molar-refractivity contribution in [2.45, 2.75) is 13.5 Å².